The summed E-state index contributed by atoms with van der Waals surface area (Å²) in [6.45, 7) is 0.352. The summed E-state index contributed by atoms with van der Waals surface area (Å²) in [6.07, 6.45) is 4.01. The lowest BCUT2D eigenvalue weighted by Crippen LogP contribution is -2.11. The van der Waals surface area contributed by atoms with Gasteiger partial charge in [0.2, 0.25) is 0 Å². The van der Waals surface area contributed by atoms with E-state index in [-0.39, 0.29) is 11.3 Å². The number of aryl methyl sites for hydroxylation is 1. The molecular formula is C13H12F2N4. The highest BCUT2D eigenvalue weighted by Gasteiger charge is 2.11. The Morgan fingerprint density at radius 2 is 2.05 bits per heavy atom. The fourth-order valence-electron chi connectivity index (χ4n) is 1.74. The predicted molar refractivity (Wildman–Crippen MR) is 66.5 cm³/mol. The predicted octanol–water partition coefficient (Wildman–Crippen LogP) is 2.22. The van der Waals surface area contributed by atoms with Gasteiger partial charge < -0.3 is 9.88 Å². The van der Waals surface area contributed by atoms with E-state index >= 15 is 0 Å². The lowest BCUT2D eigenvalue weighted by molar-refractivity contribution is 0.587. The third-order valence-corrected chi connectivity index (χ3v) is 2.74. The Balaban J connectivity index is 2.04. The van der Waals surface area contributed by atoms with E-state index in [0.717, 1.165) is 18.0 Å². The quantitative estimate of drug-likeness (QED) is 0.919. The van der Waals surface area contributed by atoms with Crippen molar-refractivity contribution in [2.45, 2.75) is 6.42 Å². The zero-order valence-corrected chi connectivity index (χ0v) is 10.3. The van der Waals surface area contributed by atoms with Gasteiger partial charge in [-0.3, -0.25) is 0 Å². The molecule has 0 radical (unpaired) electrons. The van der Waals surface area contributed by atoms with Gasteiger partial charge in [0.25, 0.3) is 0 Å². The molecule has 1 aromatic carbocycles. The standard InChI is InChI=1S/C13H12F2N4/c1-19-5-4-17-12(19)2-3-18-13-10(14)6-9(8-16)7-11(13)15/h4-7,18H,2-3H2,1H3. The minimum absolute atomic E-state index is 0.0374. The maximum atomic E-state index is 13.6. The molecule has 1 N–H and O–H groups in total. The third-order valence-electron chi connectivity index (χ3n) is 2.74. The average molecular weight is 262 g/mol. The molecule has 0 aliphatic carbocycles. The van der Waals surface area contributed by atoms with Crippen molar-refractivity contribution >= 4 is 5.69 Å². The normalized spacial score (nSPS) is 10.2. The summed E-state index contributed by atoms with van der Waals surface area (Å²) in [6, 6.07) is 3.71. The van der Waals surface area contributed by atoms with Crippen molar-refractivity contribution in [1.29, 1.82) is 5.26 Å². The van der Waals surface area contributed by atoms with Gasteiger partial charge in [-0.05, 0) is 12.1 Å². The van der Waals surface area contributed by atoms with E-state index in [1.807, 2.05) is 11.6 Å². The Morgan fingerprint density at radius 3 is 2.58 bits per heavy atom. The van der Waals surface area contributed by atoms with E-state index in [1.165, 1.54) is 0 Å². The third kappa shape index (κ3) is 2.88. The molecule has 19 heavy (non-hydrogen) atoms. The number of imidazole rings is 1. The van der Waals surface area contributed by atoms with Gasteiger partial charge in [0.15, 0.2) is 11.6 Å². The largest absolute Gasteiger partial charge is 0.380 e. The van der Waals surface area contributed by atoms with Gasteiger partial charge in [-0.25, -0.2) is 13.8 Å². The average Bonchev–Trinajstić information content (AvgIpc) is 2.78. The molecular weight excluding hydrogens is 250 g/mol. The van der Waals surface area contributed by atoms with Gasteiger partial charge in [0.1, 0.15) is 11.5 Å². The fraction of sp³-hybridized carbons (Fsp3) is 0.231. The first-order chi connectivity index (χ1) is 9.11. The van der Waals surface area contributed by atoms with Gasteiger partial charge in [-0.15, -0.1) is 0 Å². The van der Waals surface area contributed by atoms with Crippen LogP contribution in [-0.2, 0) is 13.5 Å². The fourth-order valence-corrected chi connectivity index (χ4v) is 1.74. The van der Waals surface area contributed by atoms with Crippen LogP contribution < -0.4 is 5.32 Å². The van der Waals surface area contributed by atoms with Crippen molar-refractivity contribution in [3.8, 4) is 6.07 Å². The topological polar surface area (TPSA) is 53.6 Å². The highest BCUT2D eigenvalue weighted by Crippen LogP contribution is 2.20. The molecule has 2 aromatic rings. The van der Waals surface area contributed by atoms with Crippen LogP contribution in [0.3, 0.4) is 0 Å². The van der Waals surface area contributed by atoms with E-state index < -0.39 is 11.6 Å². The summed E-state index contributed by atoms with van der Waals surface area (Å²) in [4.78, 5) is 4.11. The summed E-state index contributed by atoms with van der Waals surface area (Å²) in [5.41, 5.74) is -0.252. The molecule has 0 fully saturated rings. The Bertz CT molecular complexity index is 605. The molecule has 0 bridgehead atoms. The number of nitrogens with zero attached hydrogens (tertiary/aromatic N) is 3. The SMILES string of the molecule is Cn1ccnc1CCNc1c(F)cc(C#N)cc1F. The lowest BCUT2D eigenvalue weighted by Gasteiger charge is -2.09. The molecule has 0 unspecified atom stereocenters. The van der Waals surface area contributed by atoms with Crippen molar-refractivity contribution in [2.24, 2.45) is 7.05 Å². The summed E-state index contributed by atoms with van der Waals surface area (Å²) in [5, 5.41) is 11.3. The van der Waals surface area contributed by atoms with Gasteiger partial charge >= 0.3 is 0 Å². The summed E-state index contributed by atoms with van der Waals surface area (Å²) in [5.74, 6) is -0.713. The Morgan fingerprint density at radius 1 is 1.37 bits per heavy atom. The molecule has 6 heteroatoms. The number of nitriles is 1. The van der Waals surface area contributed by atoms with Crippen molar-refractivity contribution in [3.63, 3.8) is 0 Å². The summed E-state index contributed by atoms with van der Waals surface area (Å²) < 4.78 is 29.0. The van der Waals surface area contributed by atoms with Crippen LogP contribution in [0.15, 0.2) is 24.5 Å². The number of anilines is 1. The van der Waals surface area contributed by atoms with Crippen LogP contribution in [0.4, 0.5) is 14.5 Å². The smallest absolute Gasteiger partial charge is 0.150 e. The van der Waals surface area contributed by atoms with Crippen LogP contribution in [0.2, 0.25) is 0 Å². The Kier molecular flexibility index (Phi) is 3.76. The number of benzene rings is 1. The first-order valence-corrected chi connectivity index (χ1v) is 5.71. The second kappa shape index (κ2) is 5.48. The zero-order valence-electron chi connectivity index (χ0n) is 10.3. The van der Waals surface area contributed by atoms with Crippen molar-refractivity contribution in [1.82, 2.24) is 9.55 Å². The molecule has 0 saturated carbocycles. The monoisotopic (exact) mass is 262 g/mol. The van der Waals surface area contributed by atoms with Gasteiger partial charge in [0.05, 0.1) is 11.6 Å². The van der Waals surface area contributed by atoms with E-state index in [1.54, 1.807) is 18.5 Å². The van der Waals surface area contributed by atoms with Crippen LogP contribution in [-0.4, -0.2) is 16.1 Å². The zero-order chi connectivity index (χ0) is 13.8. The maximum absolute atomic E-state index is 13.6. The second-order valence-electron chi connectivity index (χ2n) is 4.06. The number of rotatable bonds is 4. The molecule has 0 spiro atoms. The molecule has 98 valence electrons. The number of aromatic nitrogens is 2. The Hall–Kier alpha value is -2.42. The van der Waals surface area contributed by atoms with E-state index in [9.17, 15) is 8.78 Å². The highest BCUT2D eigenvalue weighted by molar-refractivity contribution is 5.50. The summed E-state index contributed by atoms with van der Waals surface area (Å²) in [7, 11) is 1.85. The molecule has 1 aromatic heterocycles. The van der Waals surface area contributed by atoms with Crippen LogP contribution in [0.5, 0.6) is 0 Å². The molecule has 0 amide bonds. The van der Waals surface area contributed by atoms with Crippen molar-refractivity contribution in [3.05, 3.63) is 47.5 Å². The Labute approximate surface area is 109 Å². The molecule has 2 rings (SSSR count). The molecule has 0 aliphatic rings. The minimum Gasteiger partial charge on any atom is -0.380 e. The molecule has 1 heterocycles. The summed E-state index contributed by atoms with van der Waals surface area (Å²) >= 11 is 0. The van der Waals surface area contributed by atoms with Gasteiger partial charge in [-0.1, -0.05) is 0 Å². The number of hydrogen-bond acceptors (Lipinski definition) is 3. The van der Waals surface area contributed by atoms with Crippen LogP contribution in [0, 0.1) is 23.0 Å². The molecule has 0 atom stereocenters. The second-order valence-corrected chi connectivity index (χ2v) is 4.06. The number of halogens is 2. The maximum Gasteiger partial charge on any atom is 0.150 e. The number of nitrogens with one attached hydrogen (secondary N) is 1. The first-order valence-electron chi connectivity index (χ1n) is 5.71. The number of hydrogen-bond donors (Lipinski definition) is 1. The first kappa shape index (κ1) is 13.0. The van der Waals surface area contributed by atoms with E-state index in [4.69, 9.17) is 5.26 Å². The molecule has 0 saturated heterocycles. The van der Waals surface area contributed by atoms with Crippen LogP contribution in [0.25, 0.3) is 0 Å². The van der Waals surface area contributed by atoms with Crippen molar-refractivity contribution in [2.75, 3.05) is 11.9 Å². The van der Waals surface area contributed by atoms with Crippen LogP contribution >= 0.6 is 0 Å². The molecule has 4 nitrogen and oxygen atoms in total. The van der Waals surface area contributed by atoms with Crippen molar-refractivity contribution < 1.29 is 8.78 Å². The minimum atomic E-state index is -0.767. The van der Waals surface area contributed by atoms with E-state index in [0.29, 0.717) is 13.0 Å². The lowest BCUT2D eigenvalue weighted by atomic mass is 10.2. The molecule has 0 aliphatic heterocycles. The van der Waals surface area contributed by atoms with E-state index in [2.05, 4.69) is 10.3 Å². The highest BCUT2D eigenvalue weighted by atomic mass is 19.1. The van der Waals surface area contributed by atoms with Crippen LogP contribution in [0.1, 0.15) is 11.4 Å². The van der Waals surface area contributed by atoms with Gasteiger partial charge in [-0.2, -0.15) is 5.26 Å². The van der Waals surface area contributed by atoms with Gasteiger partial charge in [0, 0.05) is 32.4 Å².